The maximum Gasteiger partial charge on any atom is 0.323 e. The molecule has 2 aromatic carbocycles. The summed E-state index contributed by atoms with van der Waals surface area (Å²) in [5, 5.41) is 8.93. The summed E-state index contributed by atoms with van der Waals surface area (Å²) in [4.78, 5) is 24.7. The van der Waals surface area contributed by atoms with Gasteiger partial charge in [0.05, 0.1) is 11.5 Å². The van der Waals surface area contributed by atoms with Gasteiger partial charge in [-0.25, -0.2) is 4.39 Å². The first-order valence-electron chi connectivity index (χ1n) is 8.98. The Morgan fingerprint density at radius 3 is 2.60 bits per heavy atom. The molecular weight excluding hydrogens is 429 g/mol. The number of carbonyl (C=O) groups is 2. The number of thioether (sulfide) groups is 1. The predicted molar refractivity (Wildman–Crippen MR) is 116 cm³/mol. The van der Waals surface area contributed by atoms with Crippen LogP contribution in [0.3, 0.4) is 0 Å². The van der Waals surface area contributed by atoms with Crippen molar-refractivity contribution in [3.63, 3.8) is 0 Å². The summed E-state index contributed by atoms with van der Waals surface area (Å²) < 4.78 is 24.7. The normalized spacial score (nSPS) is 15.0. The molecule has 156 valence electrons. The van der Waals surface area contributed by atoms with Gasteiger partial charge in [-0.3, -0.25) is 14.5 Å². The maximum atomic E-state index is 13.0. The van der Waals surface area contributed by atoms with Crippen molar-refractivity contribution in [2.24, 2.45) is 0 Å². The van der Waals surface area contributed by atoms with Crippen LogP contribution < -0.4 is 9.47 Å². The minimum Gasteiger partial charge on any atom is -0.490 e. The summed E-state index contributed by atoms with van der Waals surface area (Å²) in [6, 6.07) is 11.2. The molecule has 1 N–H and O–H groups in total. The molecule has 0 atom stereocenters. The van der Waals surface area contributed by atoms with E-state index in [0.29, 0.717) is 28.6 Å². The van der Waals surface area contributed by atoms with E-state index < -0.39 is 18.4 Å². The van der Waals surface area contributed by atoms with Crippen molar-refractivity contribution in [2.45, 2.75) is 13.5 Å². The van der Waals surface area contributed by atoms with Crippen LogP contribution in [0, 0.1) is 5.82 Å². The number of nitrogens with zero attached hydrogens (tertiary/aromatic N) is 1. The molecule has 0 aliphatic carbocycles. The first-order chi connectivity index (χ1) is 14.4. The van der Waals surface area contributed by atoms with Crippen molar-refractivity contribution in [1.29, 1.82) is 0 Å². The number of hydrogen-bond acceptors (Lipinski definition) is 6. The molecule has 1 aliphatic rings. The van der Waals surface area contributed by atoms with E-state index in [-0.39, 0.29) is 16.7 Å². The Morgan fingerprint density at radius 1 is 1.20 bits per heavy atom. The van der Waals surface area contributed by atoms with Gasteiger partial charge in [0.1, 0.15) is 23.3 Å². The van der Waals surface area contributed by atoms with Gasteiger partial charge in [-0.05, 0) is 48.4 Å². The number of thiocarbonyl (C=S) groups is 1. The van der Waals surface area contributed by atoms with E-state index in [0.717, 1.165) is 22.2 Å². The molecule has 0 radical (unpaired) electrons. The standard InChI is InChI=1S/C21H18FNO5S2/c1-2-27-17-9-14(10-18-20(26)23(11-19(24)25)21(29)30-18)5-8-16(17)28-12-13-3-6-15(22)7-4-13/h3-10H,2,11-12H2,1H3,(H,24,25)/b18-10-. The molecule has 1 heterocycles. The van der Waals surface area contributed by atoms with Crippen LogP contribution in [0.4, 0.5) is 4.39 Å². The second-order valence-corrected chi connectivity index (χ2v) is 7.89. The molecule has 3 rings (SSSR count). The lowest BCUT2D eigenvalue weighted by molar-refractivity contribution is -0.140. The molecule has 1 saturated heterocycles. The predicted octanol–water partition coefficient (Wildman–Crippen LogP) is 4.09. The SMILES string of the molecule is CCOc1cc(/C=C2\SC(=S)N(CC(=O)O)C2=O)ccc1OCc1ccc(F)cc1. The molecule has 0 spiro atoms. The van der Waals surface area contributed by atoms with Crippen LogP contribution in [-0.4, -0.2) is 39.4 Å². The molecule has 0 bridgehead atoms. The van der Waals surface area contributed by atoms with Gasteiger partial charge in [0.2, 0.25) is 0 Å². The summed E-state index contributed by atoms with van der Waals surface area (Å²) in [5.74, 6) is -0.881. The van der Waals surface area contributed by atoms with Crippen LogP contribution in [0.5, 0.6) is 11.5 Å². The van der Waals surface area contributed by atoms with E-state index in [4.69, 9.17) is 26.8 Å². The molecule has 1 amide bonds. The van der Waals surface area contributed by atoms with E-state index in [9.17, 15) is 14.0 Å². The van der Waals surface area contributed by atoms with Crippen molar-refractivity contribution in [3.8, 4) is 11.5 Å². The average molecular weight is 448 g/mol. The number of hydrogen-bond donors (Lipinski definition) is 1. The number of rotatable bonds is 8. The maximum absolute atomic E-state index is 13.0. The monoisotopic (exact) mass is 447 g/mol. The summed E-state index contributed by atoms with van der Waals surface area (Å²) >= 11 is 6.16. The molecule has 1 aliphatic heterocycles. The highest BCUT2D eigenvalue weighted by molar-refractivity contribution is 8.26. The van der Waals surface area contributed by atoms with Crippen LogP contribution >= 0.6 is 24.0 Å². The number of ether oxygens (including phenoxy) is 2. The fourth-order valence-electron chi connectivity index (χ4n) is 2.67. The van der Waals surface area contributed by atoms with Gasteiger partial charge in [-0.2, -0.15) is 0 Å². The topological polar surface area (TPSA) is 76.1 Å². The number of halogens is 1. The zero-order valence-corrected chi connectivity index (χ0v) is 17.6. The van der Waals surface area contributed by atoms with E-state index in [1.807, 2.05) is 6.92 Å². The zero-order valence-electron chi connectivity index (χ0n) is 16.0. The van der Waals surface area contributed by atoms with E-state index in [1.54, 1.807) is 36.4 Å². The number of carboxylic acid groups (broad SMARTS) is 1. The van der Waals surface area contributed by atoms with Crippen LogP contribution in [0.1, 0.15) is 18.1 Å². The highest BCUT2D eigenvalue weighted by atomic mass is 32.2. The molecule has 30 heavy (non-hydrogen) atoms. The highest BCUT2D eigenvalue weighted by Crippen LogP contribution is 2.35. The van der Waals surface area contributed by atoms with Gasteiger partial charge in [0, 0.05) is 0 Å². The second kappa shape index (κ2) is 9.73. The number of aliphatic carboxylic acids is 1. The quantitative estimate of drug-likeness (QED) is 0.483. The number of carboxylic acids is 1. The molecular formula is C21H18FNO5S2. The Bertz CT molecular complexity index is 1010. The van der Waals surface area contributed by atoms with Crippen molar-refractivity contribution >= 4 is 46.3 Å². The Morgan fingerprint density at radius 2 is 1.93 bits per heavy atom. The van der Waals surface area contributed by atoms with E-state index in [1.165, 1.54) is 12.1 Å². The summed E-state index contributed by atoms with van der Waals surface area (Å²) in [5.41, 5.74) is 1.49. The van der Waals surface area contributed by atoms with Gasteiger partial charge < -0.3 is 14.6 Å². The van der Waals surface area contributed by atoms with E-state index in [2.05, 4.69) is 0 Å². The minimum atomic E-state index is -1.13. The zero-order chi connectivity index (χ0) is 21.7. The largest absolute Gasteiger partial charge is 0.490 e. The first kappa shape index (κ1) is 21.8. The molecule has 9 heteroatoms. The molecule has 0 aromatic heterocycles. The highest BCUT2D eigenvalue weighted by Gasteiger charge is 2.33. The van der Waals surface area contributed by atoms with Crippen LogP contribution in [0.15, 0.2) is 47.4 Å². The lowest BCUT2D eigenvalue weighted by Crippen LogP contribution is -2.33. The minimum absolute atomic E-state index is 0.206. The van der Waals surface area contributed by atoms with Crippen molar-refractivity contribution in [2.75, 3.05) is 13.2 Å². The third-order valence-electron chi connectivity index (χ3n) is 4.04. The third kappa shape index (κ3) is 5.37. The van der Waals surface area contributed by atoms with Gasteiger partial charge in [0.25, 0.3) is 5.91 Å². The van der Waals surface area contributed by atoms with Gasteiger partial charge >= 0.3 is 5.97 Å². The van der Waals surface area contributed by atoms with Crippen molar-refractivity contribution < 1.29 is 28.6 Å². The Kier molecular flexibility index (Phi) is 7.07. The smallest absolute Gasteiger partial charge is 0.323 e. The fraction of sp³-hybridized carbons (Fsp3) is 0.190. The summed E-state index contributed by atoms with van der Waals surface area (Å²) in [6.07, 6.45) is 1.63. The number of carbonyl (C=O) groups excluding carboxylic acids is 1. The Hall–Kier alpha value is -2.91. The first-order valence-corrected chi connectivity index (χ1v) is 10.2. The summed E-state index contributed by atoms with van der Waals surface area (Å²) in [6.45, 7) is 2.03. The molecule has 1 fully saturated rings. The van der Waals surface area contributed by atoms with Crippen LogP contribution in [0.25, 0.3) is 6.08 Å². The van der Waals surface area contributed by atoms with Crippen molar-refractivity contribution in [1.82, 2.24) is 4.90 Å². The van der Waals surface area contributed by atoms with E-state index >= 15 is 0 Å². The van der Waals surface area contributed by atoms with Gasteiger partial charge in [-0.15, -0.1) is 0 Å². The Labute approximate surface area is 182 Å². The molecule has 2 aromatic rings. The second-order valence-electron chi connectivity index (χ2n) is 6.22. The third-order valence-corrected chi connectivity index (χ3v) is 5.42. The Balaban J connectivity index is 1.78. The average Bonchev–Trinajstić information content (AvgIpc) is 2.96. The van der Waals surface area contributed by atoms with Crippen molar-refractivity contribution in [3.05, 3.63) is 64.3 Å². The molecule has 0 unspecified atom stereocenters. The van der Waals surface area contributed by atoms with Crippen LogP contribution in [-0.2, 0) is 16.2 Å². The number of amides is 1. The molecule has 0 saturated carbocycles. The lowest BCUT2D eigenvalue weighted by Gasteiger charge is -2.13. The summed E-state index contributed by atoms with van der Waals surface area (Å²) in [7, 11) is 0. The fourth-order valence-corrected chi connectivity index (χ4v) is 3.92. The number of benzene rings is 2. The van der Waals surface area contributed by atoms with Crippen LogP contribution in [0.2, 0.25) is 0 Å². The lowest BCUT2D eigenvalue weighted by atomic mass is 10.1. The van der Waals surface area contributed by atoms with Gasteiger partial charge in [-0.1, -0.05) is 42.2 Å². The van der Waals surface area contributed by atoms with Gasteiger partial charge in [0.15, 0.2) is 11.5 Å². The molecule has 6 nitrogen and oxygen atoms in total.